The minimum atomic E-state index is 0.152. The summed E-state index contributed by atoms with van der Waals surface area (Å²) in [6.07, 6.45) is 1.10. The van der Waals surface area contributed by atoms with Crippen LogP contribution in [0.5, 0.6) is 0 Å². The van der Waals surface area contributed by atoms with Crippen LogP contribution in [0.1, 0.15) is 31.9 Å². The molecule has 1 N–H and O–H groups in total. The zero-order valence-electron chi connectivity index (χ0n) is 13.0. The van der Waals surface area contributed by atoms with Crippen molar-refractivity contribution in [2.45, 2.75) is 26.3 Å². The van der Waals surface area contributed by atoms with Crippen molar-refractivity contribution >= 4 is 23.2 Å². The molecule has 2 rings (SSSR count). The van der Waals surface area contributed by atoms with Crippen LogP contribution in [0.4, 0.5) is 5.69 Å². The molecule has 5 heteroatoms. The molecule has 1 aromatic carbocycles. The van der Waals surface area contributed by atoms with E-state index >= 15 is 0 Å². The van der Waals surface area contributed by atoms with E-state index in [1.54, 1.807) is 4.90 Å². The second-order valence-electron chi connectivity index (χ2n) is 5.62. The molecular weight excluding hydrogens is 286 g/mol. The number of nitrogens with zero attached hydrogens (tertiary/aromatic N) is 2. The summed E-state index contributed by atoms with van der Waals surface area (Å²) in [5.74, 6) is 0.152. The number of anilines is 1. The van der Waals surface area contributed by atoms with Gasteiger partial charge in [-0.15, -0.1) is 0 Å². The van der Waals surface area contributed by atoms with Crippen molar-refractivity contribution in [3.8, 4) is 0 Å². The van der Waals surface area contributed by atoms with Crippen LogP contribution in [-0.4, -0.2) is 44.0 Å². The molecule has 21 heavy (non-hydrogen) atoms. The molecule has 0 spiro atoms. The molecule has 0 radical (unpaired) electrons. The molecule has 1 saturated heterocycles. The summed E-state index contributed by atoms with van der Waals surface area (Å²) in [7, 11) is 1.84. The summed E-state index contributed by atoms with van der Waals surface area (Å²) in [5, 5.41) is 4.20. The topological polar surface area (TPSA) is 35.6 Å². The van der Waals surface area contributed by atoms with Gasteiger partial charge in [0.2, 0.25) is 5.91 Å². The van der Waals surface area contributed by atoms with Gasteiger partial charge in [0.15, 0.2) is 0 Å². The van der Waals surface area contributed by atoms with Crippen LogP contribution in [0.2, 0.25) is 5.02 Å². The number of nitrogens with one attached hydrogen (secondary N) is 1. The molecule has 1 heterocycles. The predicted molar refractivity (Wildman–Crippen MR) is 88.0 cm³/mol. The van der Waals surface area contributed by atoms with Crippen molar-refractivity contribution < 1.29 is 4.79 Å². The maximum absolute atomic E-state index is 11.8. The Morgan fingerprint density at radius 1 is 1.38 bits per heavy atom. The Balaban J connectivity index is 2.10. The molecule has 0 bridgehead atoms. The van der Waals surface area contributed by atoms with Crippen molar-refractivity contribution in [2.75, 3.05) is 38.1 Å². The minimum Gasteiger partial charge on any atom is -0.360 e. The first-order chi connectivity index (χ1) is 10.0. The Labute approximate surface area is 132 Å². The van der Waals surface area contributed by atoms with E-state index in [-0.39, 0.29) is 11.9 Å². The van der Waals surface area contributed by atoms with E-state index in [1.165, 1.54) is 0 Å². The Kier molecular flexibility index (Phi) is 5.48. The number of carbonyl (C=O) groups is 1. The van der Waals surface area contributed by atoms with Crippen molar-refractivity contribution in [1.29, 1.82) is 0 Å². The van der Waals surface area contributed by atoms with Gasteiger partial charge < -0.3 is 15.1 Å². The van der Waals surface area contributed by atoms with E-state index in [0.717, 1.165) is 42.3 Å². The van der Waals surface area contributed by atoms with Crippen molar-refractivity contribution in [3.05, 3.63) is 28.8 Å². The normalized spacial score (nSPS) is 17.2. The highest BCUT2D eigenvalue weighted by atomic mass is 35.5. The Bertz CT molecular complexity index is 506. The first kappa shape index (κ1) is 16.1. The number of amides is 1. The SMILES string of the molecule is CCCNC(C)c1ccc(N2CCN(C)C(=O)C2)cc1Cl. The van der Waals surface area contributed by atoms with Gasteiger partial charge in [-0.25, -0.2) is 0 Å². The van der Waals surface area contributed by atoms with Gasteiger partial charge in [0.05, 0.1) is 6.54 Å². The van der Waals surface area contributed by atoms with Gasteiger partial charge in [0.1, 0.15) is 0 Å². The third-order valence-electron chi connectivity index (χ3n) is 3.97. The molecule has 4 nitrogen and oxygen atoms in total. The number of hydrogen-bond acceptors (Lipinski definition) is 3. The van der Waals surface area contributed by atoms with Crippen molar-refractivity contribution in [3.63, 3.8) is 0 Å². The number of benzene rings is 1. The number of piperazine rings is 1. The lowest BCUT2D eigenvalue weighted by atomic mass is 10.1. The molecule has 1 unspecified atom stereocenters. The second kappa shape index (κ2) is 7.14. The molecule has 1 aromatic rings. The van der Waals surface area contributed by atoms with E-state index in [0.29, 0.717) is 6.54 Å². The Morgan fingerprint density at radius 3 is 2.76 bits per heavy atom. The first-order valence-corrected chi connectivity index (χ1v) is 7.92. The summed E-state index contributed by atoms with van der Waals surface area (Å²) in [6.45, 7) is 7.28. The zero-order valence-corrected chi connectivity index (χ0v) is 13.8. The highest BCUT2D eigenvalue weighted by molar-refractivity contribution is 6.31. The summed E-state index contributed by atoms with van der Waals surface area (Å²) in [5.41, 5.74) is 2.13. The van der Waals surface area contributed by atoms with Crippen molar-refractivity contribution in [2.24, 2.45) is 0 Å². The van der Waals surface area contributed by atoms with Crippen LogP contribution < -0.4 is 10.2 Å². The predicted octanol–water partition coefficient (Wildman–Crippen LogP) is 2.68. The molecule has 1 amide bonds. The van der Waals surface area contributed by atoms with Gasteiger partial charge >= 0.3 is 0 Å². The summed E-state index contributed by atoms with van der Waals surface area (Å²) in [6, 6.07) is 6.33. The maximum Gasteiger partial charge on any atom is 0.241 e. The van der Waals surface area contributed by atoms with Crippen LogP contribution in [0, 0.1) is 0 Å². The zero-order chi connectivity index (χ0) is 15.4. The van der Waals surface area contributed by atoms with Crippen LogP contribution in [0.15, 0.2) is 18.2 Å². The van der Waals surface area contributed by atoms with E-state index in [4.69, 9.17) is 11.6 Å². The van der Waals surface area contributed by atoms with Gasteiger partial charge in [0, 0.05) is 36.9 Å². The standard InChI is InChI=1S/C16H24ClN3O/c1-4-7-18-12(2)14-6-5-13(10-15(14)17)20-9-8-19(3)16(21)11-20/h5-6,10,12,18H,4,7-9,11H2,1-3H3. The monoisotopic (exact) mass is 309 g/mol. The lowest BCUT2D eigenvalue weighted by Gasteiger charge is -2.33. The second-order valence-corrected chi connectivity index (χ2v) is 6.03. The average molecular weight is 310 g/mol. The fraction of sp³-hybridized carbons (Fsp3) is 0.562. The highest BCUT2D eigenvalue weighted by Gasteiger charge is 2.21. The van der Waals surface area contributed by atoms with Crippen molar-refractivity contribution in [1.82, 2.24) is 10.2 Å². The lowest BCUT2D eigenvalue weighted by molar-refractivity contribution is -0.129. The van der Waals surface area contributed by atoms with Crippen LogP contribution in [-0.2, 0) is 4.79 Å². The summed E-state index contributed by atoms with van der Waals surface area (Å²) >= 11 is 6.43. The molecule has 116 valence electrons. The molecule has 0 saturated carbocycles. The quantitative estimate of drug-likeness (QED) is 0.908. The van der Waals surface area contributed by atoms with E-state index in [2.05, 4.69) is 36.2 Å². The van der Waals surface area contributed by atoms with Gasteiger partial charge in [-0.3, -0.25) is 4.79 Å². The van der Waals surface area contributed by atoms with Gasteiger partial charge in [0.25, 0.3) is 0 Å². The third-order valence-corrected chi connectivity index (χ3v) is 4.30. The molecule has 0 aromatic heterocycles. The third kappa shape index (κ3) is 3.89. The van der Waals surface area contributed by atoms with Crippen LogP contribution >= 0.6 is 11.6 Å². The van der Waals surface area contributed by atoms with Gasteiger partial charge in [-0.05, 0) is 37.6 Å². The van der Waals surface area contributed by atoms with Gasteiger partial charge in [-0.2, -0.15) is 0 Å². The summed E-state index contributed by atoms with van der Waals surface area (Å²) in [4.78, 5) is 15.6. The van der Waals surface area contributed by atoms with E-state index in [9.17, 15) is 4.79 Å². The van der Waals surface area contributed by atoms with Crippen LogP contribution in [0.3, 0.4) is 0 Å². The molecule has 1 aliphatic heterocycles. The maximum atomic E-state index is 11.8. The molecular formula is C16H24ClN3O. The smallest absolute Gasteiger partial charge is 0.241 e. The number of likely N-dealkylation sites (N-methyl/N-ethyl adjacent to an activating group) is 1. The molecule has 1 atom stereocenters. The summed E-state index contributed by atoms with van der Waals surface area (Å²) < 4.78 is 0. The van der Waals surface area contributed by atoms with E-state index in [1.807, 2.05) is 13.1 Å². The average Bonchev–Trinajstić information content (AvgIpc) is 2.47. The number of rotatable bonds is 5. The Hall–Kier alpha value is -1.26. The minimum absolute atomic E-state index is 0.152. The van der Waals surface area contributed by atoms with Crippen LogP contribution in [0.25, 0.3) is 0 Å². The highest BCUT2D eigenvalue weighted by Crippen LogP contribution is 2.28. The number of hydrogen-bond donors (Lipinski definition) is 1. The molecule has 0 aliphatic carbocycles. The molecule has 1 fully saturated rings. The first-order valence-electron chi connectivity index (χ1n) is 7.54. The van der Waals surface area contributed by atoms with Gasteiger partial charge in [-0.1, -0.05) is 24.6 Å². The van der Waals surface area contributed by atoms with E-state index < -0.39 is 0 Å². The fourth-order valence-electron chi connectivity index (χ4n) is 2.51. The molecule has 1 aliphatic rings. The fourth-order valence-corrected chi connectivity index (χ4v) is 2.85. The largest absolute Gasteiger partial charge is 0.360 e. The Morgan fingerprint density at radius 2 is 2.14 bits per heavy atom. The number of halogens is 1. The number of carbonyl (C=O) groups excluding carboxylic acids is 1. The lowest BCUT2D eigenvalue weighted by Crippen LogP contribution is -2.48.